The third-order valence-corrected chi connectivity index (χ3v) is 7.46. The summed E-state index contributed by atoms with van der Waals surface area (Å²) in [7, 11) is 0. The van der Waals surface area contributed by atoms with E-state index in [2.05, 4.69) is 81.5 Å². The maximum Gasteiger partial charge on any atom is 0.251 e. The van der Waals surface area contributed by atoms with Crippen LogP contribution in [0.1, 0.15) is 82.5 Å². The number of carbonyl (C=O) groups excluding carboxylic acids is 2. The van der Waals surface area contributed by atoms with Crippen LogP contribution in [0.5, 0.6) is 0 Å². The summed E-state index contributed by atoms with van der Waals surface area (Å²) in [6.45, 7) is 10.5. The van der Waals surface area contributed by atoms with Gasteiger partial charge in [-0.2, -0.15) is 0 Å². The molecule has 0 radical (unpaired) electrons. The molecule has 0 spiro atoms. The second kappa shape index (κ2) is 16.0. The average Bonchev–Trinajstić information content (AvgIpc) is 2.96. The molecule has 1 unspecified atom stereocenters. The Morgan fingerprint density at radius 2 is 1.28 bits per heavy atom. The first-order chi connectivity index (χ1) is 18.9. The lowest BCUT2D eigenvalue weighted by Gasteiger charge is -2.17. The van der Waals surface area contributed by atoms with Gasteiger partial charge in [0, 0.05) is 36.8 Å². The summed E-state index contributed by atoms with van der Waals surface area (Å²) < 4.78 is 5.66. The normalized spacial score (nSPS) is 11.9. The fourth-order valence-electron chi connectivity index (χ4n) is 4.50. The van der Waals surface area contributed by atoms with E-state index in [4.69, 9.17) is 4.74 Å². The predicted octanol–water partition coefficient (Wildman–Crippen LogP) is 7.55. The topological polar surface area (TPSA) is 55.4 Å². The van der Waals surface area contributed by atoms with Gasteiger partial charge in [-0.05, 0) is 75.1 Å². The number of aryl methyl sites for hydroxylation is 4. The van der Waals surface area contributed by atoms with Crippen molar-refractivity contribution in [2.75, 3.05) is 19.8 Å². The van der Waals surface area contributed by atoms with Gasteiger partial charge in [-0.15, -0.1) is 0 Å². The standard InChI is InChI=1S/C35H45NO3/c1-5-26(2)25-39-24-6-23-36-35(38)33-21-19-32(20-22-33)34(37)31(17-15-29-11-7-27(3)8-12-29)18-16-30-13-9-28(4)10-14-30/h7-14,19-22,26,31H,5-6,15-18,23-25H2,1-4H3,(H,36,38). The highest BCUT2D eigenvalue weighted by molar-refractivity contribution is 6.00. The van der Waals surface area contributed by atoms with Crippen molar-refractivity contribution in [2.45, 2.75) is 66.2 Å². The van der Waals surface area contributed by atoms with Crippen molar-refractivity contribution in [1.29, 1.82) is 0 Å². The van der Waals surface area contributed by atoms with Crippen molar-refractivity contribution < 1.29 is 14.3 Å². The number of hydrogen-bond donors (Lipinski definition) is 1. The van der Waals surface area contributed by atoms with Crippen LogP contribution >= 0.6 is 0 Å². The highest BCUT2D eigenvalue weighted by atomic mass is 16.5. The Morgan fingerprint density at radius 1 is 0.769 bits per heavy atom. The Bertz CT molecular complexity index is 1100. The summed E-state index contributed by atoms with van der Waals surface area (Å²) in [6.07, 6.45) is 5.22. The summed E-state index contributed by atoms with van der Waals surface area (Å²) in [4.78, 5) is 26.2. The number of amides is 1. The molecular formula is C35H45NO3. The fraction of sp³-hybridized carbons (Fsp3) is 0.429. The van der Waals surface area contributed by atoms with Crippen molar-refractivity contribution in [3.05, 3.63) is 106 Å². The first-order valence-corrected chi connectivity index (χ1v) is 14.5. The van der Waals surface area contributed by atoms with Crippen LogP contribution < -0.4 is 5.32 Å². The van der Waals surface area contributed by atoms with Crippen LogP contribution in [0.25, 0.3) is 0 Å². The molecular weight excluding hydrogens is 482 g/mol. The SMILES string of the molecule is CCC(C)COCCCNC(=O)c1ccc(C(=O)C(CCc2ccc(C)cc2)CCc2ccc(C)cc2)cc1. The molecule has 0 bridgehead atoms. The maximum absolute atomic E-state index is 13.6. The summed E-state index contributed by atoms with van der Waals surface area (Å²) in [5.41, 5.74) is 6.23. The minimum Gasteiger partial charge on any atom is -0.381 e. The molecule has 0 heterocycles. The smallest absolute Gasteiger partial charge is 0.251 e. The Morgan fingerprint density at radius 3 is 1.79 bits per heavy atom. The lowest BCUT2D eigenvalue weighted by atomic mass is 9.86. The van der Waals surface area contributed by atoms with E-state index in [9.17, 15) is 9.59 Å². The molecule has 39 heavy (non-hydrogen) atoms. The highest BCUT2D eigenvalue weighted by Crippen LogP contribution is 2.22. The Labute approximate surface area is 235 Å². The summed E-state index contributed by atoms with van der Waals surface area (Å²) in [5.74, 6) is 0.513. The third kappa shape index (κ3) is 10.4. The highest BCUT2D eigenvalue weighted by Gasteiger charge is 2.21. The number of hydrogen-bond acceptors (Lipinski definition) is 3. The molecule has 3 aromatic rings. The Balaban J connectivity index is 1.57. The molecule has 0 fully saturated rings. The molecule has 1 amide bonds. The van der Waals surface area contributed by atoms with Gasteiger partial charge in [0.2, 0.25) is 0 Å². The van der Waals surface area contributed by atoms with Crippen LogP contribution in [0.15, 0.2) is 72.8 Å². The second-order valence-electron chi connectivity index (χ2n) is 10.9. The molecule has 3 aromatic carbocycles. The molecule has 0 aliphatic heterocycles. The van der Waals surface area contributed by atoms with Crippen molar-refractivity contribution in [1.82, 2.24) is 5.32 Å². The van der Waals surface area contributed by atoms with Gasteiger partial charge in [-0.25, -0.2) is 0 Å². The Kier molecular flexibility index (Phi) is 12.4. The van der Waals surface area contributed by atoms with Gasteiger partial charge in [0.1, 0.15) is 0 Å². The first kappa shape index (κ1) is 30.3. The number of ether oxygens (including phenoxy) is 1. The van der Waals surface area contributed by atoms with Crippen LogP contribution in [-0.4, -0.2) is 31.4 Å². The summed E-state index contributed by atoms with van der Waals surface area (Å²) >= 11 is 0. The van der Waals surface area contributed by atoms with Gasteiger partial charge in [0.25, 0.3) is 5.91 Å². The Hall–Kier alpha value is -3.24. The van der Waals surface area contributed by atoms with Crippen molar-refractivity contribution >= 4 is 11.7 Å². The van der Waals surface area contributed by atoms with Crippen molar-refractivity contribution in [3.8, 4) is 0 Å². The van der Waals surface area contributed by atoms with Crippen molar-refractivity contribution in [3.63, 3.8) is 0 Å². The maximum atomic E-state index is 13.6. The molecule has 208 valence electrons. The first-order valence-electron chi connectivity index (χ1n) is 14.5. The van der Waals surface area contributed by atoms with Gasteiger partial charge in [0.15, 0.2) is 5.78 Å². The number of rotatable bonds is 16. The zero-order valence-corrected chi connectivity index (χ0v) is 24.2. The molecule has 0 aliphatic rings. The molecule has 4 heteroatoms. The molecule has 1 N–H and O–H groups in total. The molecule has 0 aliphatic carbocycles. The van der Waals surface area contributed by atoms with E-state index in [1.807, 2.05) is 0 Å². The molecule has 1 atom stereocenters. The minimum absolute atomic E-state index is 0.0808. The van der Waals surface area contributed by atoms with E-state index >= 15 is 0 Å². The van der Waals surface area contributed by atoms with Crippen LogP contribution in [0, 0.1) is 25.7 Å². The van der Waals surface area contributed by atoms with E-state index in [1.54, 1.807) is 24.3 Å². The molecule has 0 saturated heterocycles. The van der Waals surface area contributed by atoms with Crippen molar-refractivity contribution in [2.24, 2.45) is 11.8 Å². The van der Waals surface area contributed by atoms with Crippen LogP contribution in [-0.2, 0) is 17.6 Å². The van der Waals surface area contributed by atoms with E-state index in [0.29, 0.717) is 30.2 Å². The molecule has 0 aromatic heterocycles. The quantitative estimate of drug-likeness (QED) is 0.155. The molecule has 3 rings (SSSR count). The van der Waals surface area contributed by atoms with E-state index in [0.717, 1.165) is 45.1 Å². The predicted molar refractivity (Wildman–Crippen MR) is 160 cm³/mol. The van der Waals surface area contributed by atoms with Crippen LogP contribution in [0.4, 0.5) is 0 Å². The summed E-state index contributed by atoms with van der Waals surface area (Å²) in [5, 5.41) is 2.95. The zero-order valence-electron chi connectivity index (χ0n) is 24.2. The van der Waals surface area contributed by atoms with E-state index < -0.39 is 0 Å². The molecule has 0 saturated carbocycles. The third-order valence-electron chi connectivity index (χ3n) is 7.46. The van der Waals surface area contributed by atoms with Gasteiger partial charge in [-0.3, -0.25) is 9.59 Å². The number of carbonyl (C=O) groups is 2. The van der Waals surface area contributed by atoms with E-state index in [-0.39, 0.29) is 17.6 Å². The average molecular weight is 528 g/mol. The van der Waals surface area contributed by atoms with Crippen LogP contribution in [0.3, 0.4) is 0 Å². The fourth-order valence-corrected chi connectivity index (χ4v) is 4.50. The lowest BCUT2D eigenvalue weighted by molar-refractivity contribution is 0.0898. The number of ketones is 1. The molecule has 4 nitrogen and oxygen atoms in total. The van der Waals surface area contributed by atoms with E-state index in [1.165, 1.54) is 22.3 Å². The van der Waals surface area contributed by atoms with Gasteiger partial charge in [-0.1, -0.05) is 92.1 Å². The number of nitrogens with one attached hydrogen (secondary N) is 1. The van der Waals surface area contributed by atoms with Gasteiger partial charge >= 0.3 is 0 Å². The second-order valence-corrected chi connectivity index (χ2v) is 10.9. The minimum atomic E-state index is -0.119. The number of Topliss-reactive ketones (excluding diaryl/α,β-unsaturated/α-hetero) is 1. The zero-order chi connectivity index (χ0) is 28.0. The lowest BCUT2D eigenvalue weighted by Crippen LogP contribution is -2.25. The summed E-state index contributed by atoms with van der Waals surface area (Å²) in [6, 6.07) is 24.3. The van der Waals surface area contributed by atoms with Gasteiger partial charge < -0.3 is 10.1 Å². The largest absolute Gasteiger partial charge is 0.381 e. The van der Waals surface area contributed by atoms with Gasteiger partial charge in [0.05, 0.1) is 0 Å². The van der Waals surface area contributed by atoms with Crippen LogP contribution in [0.2, 0.25) is 0 Å². The number of benzene rings is 3. The monoisotopic (exact) mass is 527 g/mol.